The average molecular weight is 443 g/mol. The largest absolute Gasteiger partial charge is 0.502 e. The maximum atomic E-state index is 13.0. The summed E-state index contributed by atoms with van der Waals surface area (Å²) in [5, 5.41) is 2.24. The highest BCUT2D eigenvalue weighted by molar-refractivity contribution is 6.74. The van der Waals surface area contributed by atoms with Crippen molar-refractivity contribution in [2.75, 3.05) is 7.11 Å². The molecule has 0 N–H and O–H groups in total. The minimum Gasteiger partial charge on any atom is -0.502 e. The first-order valence-corrected chi connectivity index (χ1v) is 13.8. The van der Waals surface area contributed by atoms with Gasteiger partial charge in [0.1, 0.15) is 6.10 Å². The fraction of sp³-hybridized carbons (Fsp3) is 0.500. The molecule has 0 fully saturated rings. The van der Waals surface area contributed by atoms with Crippen molar-refractivity contribution in [2.24, 2.45) is 0 Å². The van der Waals surface area contributed by atoms with Crippen LogP contribution >= 0.6 is 0 Å². The molecule has 31 heavy (non-hydrogen) atoms. The van der Waals surface area contributed by atoms with Crippen LogP contribution in [-0.4, -0.2) is 27.0 Å². The summed E-state index contributed by atoms with van der Waals surface area (Å²) in [4.78, 5) is 13.0. The molecule has 0 heterocycles. The van der Waals surface area contributed by atoms with Crippen LogP contribution in [0.3, 0.4) is 0 Å². The number of ether oxygens (including phenoxy) is 2. The van der Waals surface area contributed by atoms with Crippen LogP contribution in [0.25, 0.3) is 10.8 Å². The Kier molecular flexibility index (Phi) is 7.77. The molecule has 0 bridgehead atoms. The van der Waals surface area contributed by atoms with Gasteiger partial charge in [-0.1, -0.05) is 69.8 Å². The normalized spacial score (nSPS) is 15.2. The maximum Gasteiger partial charge on any atom is 0.309 e. The minimum absolute atomic E-state index is 0.0167. The molecule has 2 atom stereocenters. The van der Waals surface area contributed by atoms with Gasteiger partial charge in [-0.25, -0.2) is 0 Å². The van der Waals surface area contributed by atoms with Crippen molar-refractivity contribution in [3.05, 3.63) is 60.4 Å². The summed E-state index contributed by atoms with van der Waals surface area (Å²) in [6.45, 7) is 18.8. The van der Waals surface area contributed by atoms with Gasteiger partial charge in [-0.3, -0.25) is 4.79 Å². The molecule has 5 heteroatoms. The second-order valence-corrected chi connectivity index (χ2v) is 14.8. The molecule has 0 aliphatic rings. The van der Waals surface area contributed by atoms with Gasteiger partial charge in [0.25, 0.3) is 0 Å². The SMILES string of the molecule is C=C(C[C@@](C)(CC(=O)O[C@H](C)c1cccc2ccccc12)O[Si](C)(C)C(C)(C)C)OC. The van der Waals surface area contributed by atoms with Gasteiger partial charge in [-0.05, 0) is 48.3 Å². The van der Waals surface area contributed by atoms with E-state index in [0.29, 0.717) is 12.2 Å². The Morgan fingerprint density at radius 1 is 1.03 bits per heavy atom. The first-order valence-electron chi connectivity index (χ1n) is 10.9. The number of rotatable bonds is 9. The van der Waals surface area contributed by atoms with Crippen molar-refractivity contribution >= 4 is 25.1 Å². The molecule has 0 saturated heterocycles. The first-order chi connectivity index (χ1) is 14.3. The number of benzene rings is 2. The Morgan fingerprint density at radius 3 is 2.26 bits per heavy atom. The summed E-state index contributed by atoms with van der Waals surface area (Å²) >= 11 is 0. The van der Waals surface area contributed by atoms with Crippen LogP contribution in [0, 0.1) is 0 Å². The summed E-state index contributed by atoms with van der Waals surface area (Å²) < 4.78 is 17.9. The standard InChI is InChI=1S/C26H38O4Si/c1-19(28-7)17-26(6,30-31(8,9)25(3,4)5)18-24(27)29-20(2)22-16-12-14-21-13-10-11-15-23(21)22/h10-16,20H,1,17-18H2,2-9H3/t20-,26+/m1/s1. The molecule has 0 aromatic heterocycles. The number of carbonyl (C=O) groups is 1. The van der Waals surface area contributed by atoms with E-state index in [2.05, 4.69) is 58.6 Å². The van der Waals surface area contributed by atoms with E-state index in [9.17, 15) is 4.79 Å². The lowest BCUT2D eigenvalue weighted by Crippen LogP contribution is -2.49. The quantitative estimate of drug-likeness (QED) is 0.235. The number of hydrogen-bond acceptors (Lipinski definition) is 4. The predicted octanol–water partition coefficient (Wildman–Crippen LogP) is 7.16. The third-order valence-electron chi connectivity index (χ3n) is 6.26. The lowest BCUT2D eigenvalue weighted by molar-refractivity contribution is -0.153. The van der Waals surface area contributed by atoms with Gasteiger partial charge >= 0.3 is 5.97 Å². The summed E-state index contributed by atoms with van der Waals surface area (Å²) in [7, 11) is -0.538. The van der Waals surface area contributed by atoms with Crippen LogP contribution in [0.2, 0.25) is 18.1 Å². The van der Waals surface area contributed by atoms with E-state index in [-0.39, 0.29) is 23.5 Å². The van der Waals surface area contributed by atoms with Crippen LogP contribution in [0.1, 0.15) is 59.1 Å². The van der Waals surface area contributed by atoms with Gasteiger partial charge < -0.3 is 13.9 Å². The van der Waals surface area contributed by atoms with Crippen LogP contribution in [-0.2, 0) is 18.7 Å². The molecule has 2 aromatic rings. The van der Waals surface area contributed by atoms with E-state index in [1.807, 2.05) is 38.1 Å². The number of methoxy groups -OCH3 is 1. The molecule has 0 amide bonds. The third kappa shape index (κ3) is 6.44. The van der Waals surface area contributed by atoms with Gasteiger partial charge in [-0.15, -0.1) is 0 Å². The van der Waals surface area contributed by atoms with Crippen molar-refractivity contribution in [2.45, 2.75) is 77.3 Å². The number of esters is 1. The van der Waals surface area contributed by atoms with E-state index in [1.165, 1.54) is 0 Å². The van der Waals surface area contributed by atoms with Gasteiger partial charge in [0, 0.05) is 6.42 Å². The Hall–Kier alpha value is -2.11. The molecular formula is C26H38O4Si. The van der Waals surface area contributed by atoms with E-state index in [0.717, 1.165) is 16.3 Å². The fourth-order valence-corrected chi connectivity index (χ4v) is 5.29. The van der Waals surface area contributed by atoms with Crippen molar-refractivity contribution < 1.29 is 18.7 Å². The molecule has 0 unspecified atom stereocenters. The van der Waals surface area contributed by atoms with E-state index in [4.69, 9.17) is 13.9 Å². The second kappa shape index (κ2) is 9.57. The first kappa shape index (κ1) is 25.2. The van der Waals surface area contributed by atoms with Crippen LogP contribution in [0.4, 0.5) is 0 Å². The van der Waals surface area contributed by atoms with E-state index in [1.54, 1.807) is 7.11 Å². The molecule has 0 spiro atoms. The number of carbonyl (C=O) groups excluding carboxylic acids is 1. The van der Waals surface area contributed by atoms with Crippen LogP contribution in [0.15, 0.2) is 54.8 Å². The highest BCUT2D eigenvalue weighted by Crippen LogP contribution is 2.41. The summed E-state index contributed by atoms with van der Waals surface area (Å²) in [6.07, 6.45) is 0.214. The lowest BCUT2D eigenvalue weighted by Gasteiger charge is -2.44. The second-order valence-electron chi connectivity index (χ2n) is 10.1. The molecule has 0 aliphatic heterocycles. The zero-order valence-corrected chi connectivity index (χ0v) is 21.4. The minimum atomic E-state index is -2.13. The lowest BCUT2D eigenvalue weighted by atomic mass is 9.97. The van der Waals surface area contributed by atoms with E-state index < -0.39 is 13.9 Å². The van der Waals surface area contributed by atoms with E-state index >= 15 is 0 Å². The van der Waals surface area contributed by atoms with Crippen molar-refractivity contribution in [3.8, 4) is 0 Å². The topological polar surface area (TPSA) is 44.8 Å². The highest BCUT2D eigenvalue weighted by atomic mass is 28.4. The Labute approximate surface area is 188 Å². The third-order valence-corrected chi connectivity index (χ3v) is 10.9. The molecule has 2 aromatic carbocycles. The molecule has 4 nitrogen and oxygen atoms in total. The molecule has 2 rings (SSSR count). The zero-order chi connectivity index (χ0) is 23.4. The maximum absolute atomic E-state index is 13.0. The summed E-state index contributed by atoms with van der Waals surface area (Å²) in [5.41, 5.74) is 0.255. The zero-order valence-electron chi connectivity index (χ0n) is 20.4. The predicted molar refractivity (Wildman–Crippen MR) is 131 cm³/mol. The molecular weight excluding hydrogens is 404 g/mol. The van der Waals surface area contributed by atoms with Crippen LogP contribution < -0.4 is 0 Å². The fourth-order valence-electron chi connectivity index (χ4n) is 3.61. The van der Waals surface area contributed by atoms with Crippen molar-refractivity contribution in [1.82, 2.24) is 0 Å². The average Bonchev–Trinajstić information content (AvgIpc) is 2.65. The van der Waals surface area contributed by atoms with Crippen molar-refractivity contribution in [1.29, 1.82) is 0 Å². The van der Waals surface area contributed by atoms with Crippen molar-refractivity contribution in [3.63, 3.8) is 0 Å². The molecule has 0 radical (unpaired) electrons. The summed E-state index contributed by atoms with van der Waals surface area (Å²) in [6, 6.07) is 14.2. The van der Waals surface area contributed by atoms with Gasteiger partial charge in [0.15, 0.2) is 8.32 Å². The number of fused-ring (bicyclic) bond motifs is 1. The Bertz CT molecular complexity index is 923. The molecule has 170 valence electrons. The Morgan fingerprint density at radius 2 is 1.65 bits per heavy atom. The summed E-state index contributed by atoms with van der Waals surface area (Å²) in [5.74, 6) is 0.307. The highest BCUT2D eigenvalue weighted by Gasteiger charge is 2.44. The number of hydrogen-bond donors (Lipinski definition) is 0. The van der Waals surface area contributed by atoms with Gasteiger partial charge in [0.05, 0.1) is 24.9 Å². The Balaban J connectivity index is 2.21. The monoisotopic (exact) mass is 442 g/mol. The molecule has 0 aliphatic carbocycles. The van der Waals surface area contributed by atoms with Crippen LogP contribution in [0.5, 0.6) is 0 Å². The molecule has 0 saturated carbocycles. The van der Waals surface area contributed by atoms with Gasteiger partial charge in [0.2, 0.25) is 0 Å². The van der Waals surface area contributed by atoms with Gasteiger partial charge in [-0.2, -0.15) is 0 Å². The smallest absolute Gasteiger partial charge is 0.309 e.